The molecule has 2 aromatic rings. The molecule has 1 fully saturated rings. The first kappa shape index (κ1) is 27.6. The van der Waals surface area contributed by atoms with Crippen molar-refractivity contribution in [2.75, 3.05) is 41.4 Å². The minimum Gasteiger partial charge on any atom is -0.491 e. The van der Waals surface area contributed by atoms with Gasteiger partial charge in [0.15, 0.2) is 11.6 Å². The smallest absolute Gasteiger partial charge is 0.391 e. The summed E-state index contributed by atoms with van der Waals surface area (Å²) < 4.78 is 44.6. The highest BCUT2D eigenvalue weighted by Gasteiger charge is 2.41. The normalized spacial score (nSPS) is 18.4. The van der Waals surface area contributed by atoms with Crippen molar-refractivity contribution in [3.05, 3.63) is 35.7 Å². The topological polar surface area (TPSA) is 128 Å². The second kappa shape index (κ2) is 11.1. The number of aromatic nitrogens is 2. The average molecular weight is 538 g/mol. The lowest BCUT2D eigenvalue weighted by Gasteiger charge is -2.46. The Morgan fingerprint density at radius 3 is 2.79 bits per heavy atom. The van der Waals surface area contributed by atoms with E-state index < -0.39 is 43.0 Å². The maximum absolute atomic E-state index is 13.5. The van der Waals surface area contributed by atoms with Gasteiger partial charge in [0.05, 0.1) is 24.3 Å². The summed E-state index contributed by atoms with van der Waals surface area (Å²) >= 11 is 0. The highest BCUT2D eigenvalue weighted by molar-refractivity contribution is 6.05. The van der Waals surface area contributed by atoms with Gasteiger partial charge in [0.2, 0.25) is 0 Å². The highest BCUT2D eigenvalue weighted by Crippen LogP contribution is 2.41. The zero-order valence-electron chi connectivity index (χ0n) is 21.0. The second-order valence-corrected chi connectivity index (χ2v) is 9.63. The zero-order chi connectivity index (χ0) is 27.6. The molecule has 4 rings (SSSR count). The molecule has 2 aromatic heterocycles. The number of fused-ring (bicyclic) bond motifs is 4. The number of pyridine rings is 2. The van der Waals surface area contributed by atoms with Crippen molar-refractivity contribution >= 4 is 29.1 Å². The lowest BCUT2D eigenvalue weighted by molar-refractivity contribution is -0.168. The fraction of sp³-hybridized carbons (Fsp3) is 0.520. The van der Waals surface area contributed by atoms with Gasteiger partial charge in [-0.05, 0) is 37.5 Å². The van der Waals surface area contributed by atoms with Gasteiger partial charge in [0.1, 0.15) is 30.0 Å². The maximum Gasteiger partial charge on any atom is 0.391 e. The van der Waals surface area contributed by atoms with E-state index in [0.29, 0.717) is 30.0 Å². The molecule has 206 valence electrons. The summed E-state index contributed by atoms with van der Waals surface area (Å²) in [7, 11) is 0. The summed E-state index contributed by atoms with van der Waals surface area (Å²) in [4.78, 5) is 38.4. The van der Waals surface area contributed by atoms with Gasteiger partial charge >= 0.3 is 12.2 Å². The van der Waals surface area contributed by atoms with Crippen molar-refractivity contribution < 1.29 is 37.7 Å². The van der Waals surface area contributed by atoms with Crippen molar-refractivity contribution in [1.82, 2.24) is 9.97 Å². The van der Waals surface area contributed by atoms with E-state index in [1.54, 1.807) is 6.92 Å². The monoisotopic (exact) mass is 537 g/mol. The number of aryl methyl sites for hydroxylation is 1. The van der Waals surface area contributed by atoms with Crippen molar-refractivity contribution in [1.29, 1.82) is 0 Å². The van der Waals surface area contributed by atoms with Crippen LogP contribution in [0.5, 0.6) is 5.75 Å². The van der Waals surface area contributed by atoms with Gasteiger partial charge in [-0.15, -0.1) is 0 Å². The van der Waals surface area contributed by atoms with Crippen LogP contribution >= 0.6 is 0 Å². The van der Waals surface area contributed by atoms with E-state index in [1.807, 2.05) is 0 Å². The molecule has 0 aliphatic carbocycles. The predicted octanol–water partition coefficient (Wildman–Crippen LogP) is 3.31. The number of ether oxygens (including phenoxy) is 1. The number of hydrogen-bond acceptors (Lipinski definition) is 8. The molecule has 38 heavy (non-hydrogen) atoms. The van der Waals surface area contributed by atoms with Gasteiger partial charge in [-0.2, -0.15) is 13.2 Å². The van der Waals surface area contributed by atoms with E-state index >= 15 is 0 Å². The summed E-state index contributed by atoms with van der Waals surface area (Å²) in [6, 6.07) is 3.65. The van der Waals surface area contributed by atoms with Crippen LogP contribution in [0.3, 0.4) is 0 Å². The van der Waals surface area contributed by atoms with E-state index in [0.717, 1.165) is 19.9 Å². The third-order valence-electron chi connectivity index (χ3n) is 6.65. The molecule has 0 saturated carbocycles. The molecule has 3 N–H and O–H groups in total. The molecule has 0 unspecified atom stereocenters. The molecular formula is C25H30F3N5O5. The number of piperidine rings is 1. The number of anilines is 3. The van der Waals surface area contributed by atoms with Crippen LogP contribution in [0.1, 0.15) is 42.2 Å². The largest absolute Gasteiger partial charge is 0.491 e. The molecule has 2 bridgehead atoms. The first-order valence-corrected chi connectivity index (χ1v) is 12.3. The number of hydrogen-bond donors (Lipinski definition) is 3. The number of aliphatic hydroxyl groups excluding tert-OH is 2. The van der Waals surface area contributed by atoms with Crippen LogP contribution in [0.4, 0.5) is 35.3 Å². The molecule has 2 aliphatic heterocycles. The van der Waals surface area contributed by atoms with Crippen LogP contribution in [0.25, 0.3) is 0 Å². The Morgan fingerprint density at radius 2 is 2.08 bits per heavy atom. The number of halogens is 3. The van der Waals surface area contributed by atoms with Crippen LogP contribution in [0.15, 0.2) is 24.4 Å². The van der Waals surface area contributed by atoms with Crippen LogP contribution in [-0.2, 0) is 0 Å². The molecule has 1 saturated heterocycles. The Bertz CT molecular complexity index is 1190. The highest BCUT2D eigenvalue weighted by atomic mass is 19.4. The van der Waals surface area contributed by atoms with Gasteiger partial charge in [-0.3, -0.25) is 15.0 Å². The Labute approximate surface area is 217 Å². The SMILES string of the molecule is Cc1cc(C(=O)C[C@H](C)C(F)(F)F)nc2c1N1CCC[C@@H](C1)N2C(=O)Nc1cc(OC[C@H](O)CO)ccn1. The lowest BCUT2D eigenvalue weighted by atomic mass is 9.96. The molecule has 2 aliphatic rings. The third kappa shape index (κ3) is 5.99. The Kier molecular flexibility index (Phi) is 8.07. The molecule has 4 heterocycles. The van der Waals surface area contributed by atoms with Gasteiger partial charge in [-0.25, -0.2) is 14.8 Å². The van der Waals surface area contributed by atoms with E-state index in [4.69, 9.17) is 9.84 Å². The Hall–Kier alpha value is -3.45. The minimum atomic E-state index is -4.50. The van der Waals surface area contributed by atoms with Crippen molar-refractivity contribution in [3.63, 3.8) is 0 Å². The molecule has 3 atom stereocenters. The summed E-state index contributed by atoms with van der Waals surface area (Å²) in [6.07, 6.45) is -3.39. The fourth-order valence-corrected chi connectivity index (χ4v) is 4.64. The quantitative estimate of drug-likeness (QED) is 0.438. The van der Waals surface area contributed by atoms with Crippen LogP contribution in [0.2, 0.25) is 0 Å². The number of urea groups is 1. The van der Waals surface area contributed by atoms with Gasteiger partial charge in [0.25, 0.3) is 0 Å². The number of Topliss-reactive ketones (excluding diaryl/α,β-unsaturated/α-hetero) is 1. The van der Waals surface area contributed by atoms with E-state index in [1.165, 1.54) is 29.3 Å². The van der Waals surface area contributed by atoms with E-state index in [9.17, 15) is 27.9 Å². The number of amides is 2. The van der Waals surface area contributed by atoms with Crippen molar-refractivity contribution in [2.24, 2.45) is 5.92 Å². The number of carbonyl (C=O) groups excluding carboxylic acids is 2. The van der Waals surface area contributed by atoms with Crippen molar-refractivity contribution in [2.45, 2.75) is 51.4 Å². The second-order valence-electron chi connectivity index (χ2n) is 9.63. The van der Waals surface area contributed by atoms with E-state index in [2.05, 4.69) is 20.2 Å². The molecular weight excluding hydrogens is 507 g/mol. The lowest BCUT2D eigenvalue weighted by Crippen LogP contribution is -2.56. The number of aliphatic hydroxyl groups is 2. The number of rotatable bonds is 8. The van der Waals surface area contributed by atoms with Gasteiger partial charge in [-0.1, -0.05) is 6.92 Å². The number of nitrogens with zero attached hydrogens (tertiary/aromatic N) is 4. The first-order chi connectivity index (χ1) is 18.0. The van der Waals surface area contributed by atoms with Crippen LogP contribution < -0.4 is 19.9 Å². The molecule has 2 amide bonds. The molecule has 0 aromatic carbocycles. The Morgan fingerprint density at radius 1 is 1.32 bits per heavy atom. The van der Waals surface area contributed by atoms with Crippen molar-refractivity contribution in [3.8, 4) is 5.75 Å². The first-order valence-electron chi connectivity index (χ1n) is 12.3. The van der Waals surface area contributed by atoms with Gasteiger partial charge in [0, 0.05) is 31.8 Å². The fourth-order valence-electron chi connectivity index (χ4n) is 4.64. The summed E-state index contributed by atoms with van der Waals surface area (Å²) in [6.45, 7) is 3.37. The van der Waals surface area contributed by atoms with Crippen LogP contribution in [0, 0.1) is 12.8 Å². The molecule has 13 heteroatoms. The maximum atomic E-state index is 13.5. The van der Waals surface area contributed by atoms with Crippen LogP contribution in [-0.4, -0.2) is 76.6 Å². The summed E-state index contributed by atoms with van der Waals surface area (Å²) in [5.41, 5.74) is 1.19. The number of ketones is 1. The number of carbonyl (C=O) groups is 2. The average Bonchev–Trinajstić information content (AvgIpc) is 2.86. The standard InChI is InChI=1S/C25H30F3N5O5/c1-14-8-19(20(36)9-15(2)25(26,27)28)30-23-22(14)32-7-3-4-16(11-32)33(23)24(37)31-21-10-18(5-6-29-21)38-13-17(35)12-34/h5-6,8,10,15-17,34-35H,3-4,7,9,11-13H2,1-2H3,(H,29,31,37)/t15-,16-,17+/m0/s1. The predicted molar refractivity (Wildman–Crippen MR) is 133 cm³/mol. The van der Waals surface area contributed by atoms with E-state index in [-0.39, 0.29) is 30.0 Å². The number of nitrogens with one attached hydrogen (secondary N) is 1. The molecule has 10 nitrogen and oxygen atoms in total. The number of alkyl halides is 3. The van der Waals surface area contributed by atoms with Gasteiger partial charge < -0.3 is 19.8 Å². The third-order valence-corrected chi connectivity index (χ3v) is 6.65. The Balaban J connectivity index is 1.62. The summed E-state index contributed by atoms with van der Waals surface area (Å²) in [5.74, 6) is -1.88. The zero-order valence-corrected chi connectivity index (χ0v) is 21.0. The molecule has 0 spiro atoms. The molecule has 0 radical (unpaired) electrons. The minimum absolute atomic E-state index is 0.118. The summed E-state index contributed by atoms with van der Waals surface area (Å²) in [5, 5.41) is 21.2.